The first kappa shape index (κ1) is 18.4. The molecule has 0 atom stereocenters. The third-order valence-electron chi connectivity index (χ3n) is 3.73. The first-order chi connectivity index (χ1) is 12.1. The fourth-order valence-corrected chi connectivity index (χ4v) is 2.38. The third kappa shape index (κ3) is 5.91. The zero-order valence-electron chi connectivity index (χ0n) is 15.0. The molecule has 0 aliphatic rings. The van der Waals surface area contributed by atoms with E-state index < -0.39 is 0 Å². The average Bonchev–Trinajstić information content (AvgIpc) is 2.64. The Morgan fingerprint density at radius 1 is 1.16 bits per heavy atom. The summed E-state index contributed by atoms with van der Waals surface area (Å²) in [7, 11) is 3.74. The number of carbonyl (C=O) groups is 1. The maximum atomic E-state index is 11.9. The van der Waals surface area contributed by atoms with Crippen molar-refractivity contribution < 1.29 is 4.79 Å². The fourth-order valence-electron chi connectivity index (χ4n) is 2.38. The summed E-state index contributed by atoms with van der Waals surface area (Å²) in [6.07, 6.45) is 3.20. The Hall–Kier alpha value is -2.89. The highest BCUT2D eigenvalue weighted by molar-refractivity contribution is 5.93. The third-order valence-corrected chi connectivity index (χ3v) is 3.73. The number of nitrogens with one attached hydrogen (secondary N) is 2. The molecule has 1 aromatic carbocycles. The first-order valence-electron chi connectivity index (χ1n) is 8.25. The van der Waals surface area contributed by atoms with Gasteiger partial charge in [0, 0.05) is 46.1 Å². The van der Waals surface area contributed by atoms with Gasteiger partial charge in [-0.15, -0.1) is 0 Å². The molecular weight excluding hydrogens is 314 g/mol. The number of nitrogens with zero attached hydrogens (tertiary/aromatic N) is 3. The smallest absolute Gasteiger partial charge is 0.252 e. The van der Waals surface area contributed by atoms with Gasteiger partial charge < -0.3 is 15.5 Å². The second-order valence-electron chi connectivity index (χ2n) is 5.81. The minimum Gasteiger partial charge on any atom is -0.354 e. The minimum absolute atomic E-state index is 0.127. The lowest BCUT2D eigenvalue weighted by Gasteiger charge is -2.22. The summed E-state index contributed by atoms with van der Waals surface area (Å²) in [5, 5.41) is 6.11. The molecule has 132 valence electrons. The highest BCUT2D eigenvalue weighted by Crippen LogP contribution is 2.05. The van der Waals surface area contributed by atoms with Gasteiger partial charge in [-0.3, -0.25) is 14.8 Å². The Morgan fingerprint density at radius 2 is 1.88 bits per heavy atom. The van der Waals surface area contributed by atoms with E-state index in [1.54, 1.807) is 31.6 Å². The molecule has 0 bridgehead atoms. The Kier molecular flexibility index (Phi) is 6.95. The molecule has 0 spiro atoms. The van der Waals surface area contributed by atoms with E-state index in [0.717, 1.165) is 12.5 Å². The average molecular weight is 339 g/mol. The van der Waals surface area contributed by atoms with E-state index >= 15 is 0 Å². The van der Waals surface area contributed by atoms with Crippen molar-refractivity contribution in [1.82, 2.24) is 20.5 Å². The number of guanidine groups is 1. The van der Waals surface area contributed by atoms with Crippen molar-refractivity contribution in [3.05, 3.63) is 65.5 Å². The van der Waals surface area contributed by atoms with Gasteiger partial charge in [0.25, 0.3) is 5.91 Å². The molecule has 0 saturated heterocycles. The molecule has 2 N–H and O–H groups in total. The van der Waals surface area contributed by atoms with E-state index in [-0.39, 0.29) is 5.91 Å². The number of benzene rings is 1. The van der Waals surface area contributed by atoms with Crippen LogP contribution in [0.1, 0.15) is 21.5 Å². The molecule has 6 heteroatoms. The van der Waals surface area contributed by atoms with Crippen LogP contribution in [0.2, 0.25) is 0 Å². The number of carbonyl (C=O) groups excluding carboxylic acids is 1. The van der Waals surface area contributed by atoms with Crippen LogP contribution in [0.3, 0.4) is 0 Å². The second kappa shape index (κ2) is 9.42. The van der Waals surface area contributed by atoms with Gasteiger partial charge >= 0.3 is 0 Å². The van der Waals surface area contributed by atoms with Crippen LogP contribution in [-0.2, 0) is 6.54 Å². The van der Waals surface area contributed by atoms with E-state index in [0.29, 0.717) is 18.7 Å². The highest BCUT2D eigenvalue weighted by Gasteiger charge is 2.07. The lowest BCUT2D eigenvalue weighted by molar-refractivity contribution is 0.0954. The molecule has 0 aliphatic carbocycles. The predicted molar refractivity (Wildman–Crippen MR) is 101 cm³/mol. The van der Waals surface area contributed by atoms with Gasteiger partial charge in [0.05, 0.1) is 5.56 Å². The summed E-state index contributed by atoms with van der Waals surface area (Å²) in [6, 6.07) is 11.9. The fraction of sp³-hybridized carbons (Fsp3) is 0.316. The standard InChI is InChI=1S/C19H25N5O/c1-15-6-8-16(9-7-15)14-24(3)19(20-2)23-12-11-22-18(25)17-5-4-10-21-13-17/h4-10,13H,11-12,14H2,1-3H3,(H,20,23)(H,22,25). The second-order valence-corrected chi connectivity index (χ2v) is 5.81. The van der Waals surface area contributed by atoms with E-state index in [1.165, 1.54) is 11.1 Å². The van der Waals surface area contributed by atoms with E-state index in [4.69, 9.17) is 0 Å². The van der Waals surface area contributed by atoms with Gasteiger partial charge in [-0.1, -0.05) is 29.8 Å². The summed E-state index contributed by atoms with van der Waals surface area (Å²) in [5.74, 6) is 0.661. The van der Waals surface area contributed by atoms with Crippen molar-refractivity contribution in [2.75, 3.05) is 27.2 Å². The monoisotopic (exact) mass is 339 g/mol. The maximum Gasteiger partial charge on any atom is 0.252 e. The molecule has 25 heavy (non-hydrogen) atoms. The van der Waals surface area contributed by atoms with E-state index in [2.05, 4.69) is 51.8 Å². The summed E-state index contributed by atoms with van der Waals surface area (Å²) in [5.41, 5.74) is 3.03. The summed E-state index contributed by atoms with van der Waals surface area (Å²) >= 11 is 0. The number of hydrogen-bond acceptors (Lipinski definition) is 3. The summed E-state index contributed by atoms with van der Waals surface area (Å²) in [4.78, 5) is 22.2. The van der Waals surface area contributed by atoms with Crippen molar-refractivity contribution in [2.45, 2.75) is 13.5 Å². The first-order valence-corrected chi connectivity index (χ1v) is 8.25. The molecule has 1 amide bonds. The van der Waals surface area contributed by atoms with E-state index in [1.807, 2.05) is 11.9 Å². The molecule has 1 aromatic heterocycles. The number of amides is 1. The van der Waals surface area contributed by atoms with Gasteiger partial charge in [0.1, 0.15) is 0 Å². The van der Waals surface area contributed by atoms with E-state index in [9.17, 15) is 4.79 Å². The summed E-state index contributed by atoms with van der Waals surface area (Å²) in [6.45, 7) is 3.94. The molecular formula is C19H25N5O. The van der Waals surface area contributed by atoms with Crippen LogP contribution in [0, 0.1) is 6.92 Å². The van der Waals surface area contributed by atoms with Gasteiger partial charge in [-0.25, -0.2) is 0 Å². The maximum absolute atomic E-state index is 11.9. The molecule has 2 rings (SSSR count). The van der Waals surface area contributed by atoms with Crippen LogP contribution in [0.15, 0.2) is 53.8 Å². The highest BCUT2D eigenvalue weighted by atomic mass is 16.1. The van der Waals surface area contributed by atoms with Gasteiger partial charge in [-0.05, 0) is 24.6 Å². The quantitative estimate of drug-likeness (QED) is 0.479. The minimum atomic E-state index is -0.127. The number of aliphatic imine (C=N–C) groups is 1. The van der Waals surface area contributed by atoms with Crippen molar-refractivity contribution in [3.63, 3.8) is 0 Å². The molecule has 0 unspecified atom stereocenters. The largest absolute Gasteiger partial charge is 0.354 e. The number of pyridine rings is 1. The van der Waals surface area contributed by atoms with Crippen molar-refractivity contribution in [3.8, 4) is 0 Å². The topological polar surface area (TPSA) is 69.6 Å². The number of aromatic nitrogens is 1. The van der Waals surface area contributed by atoms with Crippen LogP contribution in [0.5, 0.6) is 0 Å². The molecule has 0 saturated carbocycles. The van der Waals surface area contributed by atoms with Crippen LogP contribution in [0.25, 0.3) is 0 Å². The van der Waals surface area contributed by atoms with Gasteiger partial charge in [-0.2, -0.15) is 0 Å². The number of hydrogen-bond donors (Lipinski definition) is 2. The Labute approximate surface area is 149 Å². The van der Waals surface area contributed by atoms with Crippen molar-refractivity contribution in [2.24, 2.45) is 4.99 Å². The Bertz CT molecular complexity index is 698. The molecule has 6 nitrogen and oxygen atoms in total. The molecule has 1 heterocycles. The number of rotatable bonds is 6. The molecule has 0 fully saturated rings. The van der Waals surface area contributed by atoms with Crippen molar-refractivity contribution in [1.29, 1.82) is 0 Å². The summed E-state index contributed by atoms with van der Waals surface area (Å²) < 4.78 is 0. The Morgan fingerprint density at radius 3 is 2.52 bits per heavy atom. The lowest BCUT2D eigenvalue weighted by Crippen LogP contribution is -2.42. The van der Waals surface area contributed by atoms with Gasteiger partial charge in [0.2, 0.25) is 0 Å². The lowest BCUT2D eigenvalue weighted by atomic mass is 10.1. The molecule has 0 aliphatic heterocycles. The predicted octanol–water partition coefficient (Wildman–Crippen LogP) is 1.83. The molecule has 2 aromatic rings. The zero-order chi connectivity index (χ0) is 18.1. The normalized spacial score (nSPS) is 11.1. The van der Waals surface area contributed by atoms with Crippen LogP contribution >= 0.6 is 0 Å². The van der Waals surface area contributed by atoms with Crippen LogP contribution < -0.4 is 10.6 Å². The SMILES string of the molecule is CN=C(NCCNC(=O)c1cccnc1)N(C)Cc1ccc(C)cc1. The van der Waals surface area contributed by atoms with Crippen molar-refractivity contribution >= 4 is 11.9 Å². The van der Waals surface area contributed by atoms with Crippen LogP contribution in [-0.4, -0.2) is 48.9 Å². The zero-order valence-corrected chi connectivity index (χ0v) is 15.0. The van der Waals surface area contributed by atoms with Gasteiger partial charge in [0.15, 0.2) is 5.96 Å². The van der Waals surface area contributed by atoms with Crippen LogP contribution in [0.4, 0.5) is 0 Å². The number of aryl methyl sites for hydroxylation is 1. The molecule has 0 radical (unpaired) electrons. The Balaban J connectivity index is 1.76.